The molecular weight excluding hydrogens is 276 g/mol. The predicted molar refractivity (Wildman–Crippen MR) is 73.3 cm³/mol. The summed E-state index contributed by atoms with van der Waals surface area (Å²) in [4.78, 5) is 4.49. The Hall–Kier alpha value is -1.35. The number of benzene rings is 1. The molecule has 0 amide bonds. The molecule has 0 radical (unpaired) electrons. The SMILES string of the molecule is Brc1cccc2c1NCCC2c1ccccn1. The van der Waals surface area contributed by atoms with Crippen molar-refractivity contribution in [2.24, 2.45) is 0 Å². The smallest absolute Gasteiger partial charge is 0.0524 e. The maximum absolute atomic E-state index is 4.49. The molecule has 1 aliphatic rings. The van der Waals surface area contributed by atoms with Crippen LogP contribution in [0.5, 0.6) is 0 Å². The highest BCUT2D eigenvalue weighted by molar-refractivity contribution is 9.10. The molecule has 0 saturated heterocycles. The number of halogens is 1. The fraction of sp³-hybridized carbons (Fsp3) is 0.214. The van der Waals surface area contributed by atoms with E-state index in [9.17, 15) is 0 Å². The summed E-state index contributed by atoms with van der Waals surface area (Å²) in [7, 11) is 0. The second-order valence-corrected chi connectivity index (χ2v) is 5.08. The minimum atomic E-state index is 0.407. The zero-order valence-corrected chi connectivity index (χ0v) is 10.9. The zero-order valence-electron chi connectivity index (χ0n) is 9.36. The molecule has 1 aliphatic heterocycles. The molecule has 2 aromatic rings. The Balaban J connectivity index is 2.09. The van der Waals surface area contributed by atoms with E-state index in [1.807, 2.05) is 12.3 Å². The van der Waals surface area contributed by atoms with Crippen molar-refractivity contribution in [1.29, 1.82) is 0 Å². The fourth-order valence-corrected chi connectivity index (χ4v) is 2.93. The number of hydrogen-bond acceptors (Lipinski definition) is 2. The van der Waals surface area contributed by atoms with Crippen molar-refractivity contribution < 1.29 is 0 Å². The van der Waals surface area contributed by atoms with E-state index in [-0.39, 0.29) is 0 Å². The molecule has 17 heavy (non-hydrogen) atoms. The van der Waals surface area contributed by atoms with Gasteiger partial charge in [0.25, 0.3) is 0 Å². The third kappa shape index (κ3) is 1.95. The van der Waals surface area contributed by atoms with E-state index in [2.05, 4.69) is 56.6 Å². The van der Waals surface area contributed by atoms with Crippen molar-refractivity contribution in [3.63, 3.8) is 0 Å². The summed E-state index contributed by atoms with van der Waals surface area (Å²) in [6.07, 6.45) is 2.97. The maximum atomic E-state index is 4.49. The van der Waals surface area contributed by atoms with Gasteiger partial charge in [0.2, 0.25) is 0 Å². The van der Waals surface area contributed by atoms with Crippen LogP contribution in [0.4, 0.5) is 5.69 Å². The first kappa shape index (κ1) is 10.8. The highest BCUT2D eigenvalue weighted by atomic mass is 79.9. The van der Waals surface area contributed by atoms with Gasteiger partial charge in [0, 0.05) is 28.8 Å². The average molecular weight is 289 g/mol. The predicted octanol–water partition coefficient (Wildman–Crippen LogP) is 3.79. The van der Waals surface area contributed by atoms with Gasteiger partial charge in [-0.2, -0.15) is 0 Å². The summed E-state index contributed by atoms with van der Waals surface area (Å²) in [6, 6.07) is 12.5. The molecule has 1 aromatic heterocycles. The average Bonchev–Trinajstić information content (AvgIpc) is 2.40. The highest BCUT2D eigenvalue weighted by Crippen LogP contribution is 2.39. The topological polar surface area (TPSA) is 24.9 Å². The maximum Gasteiger partial charge on any atom is 0.0524 e. The summed E-state index contributed by atoms with van der Waals surface area (Å²) in [5.41, 5.74) is 3.71. The zero-order chi connectivity index (χ0) is 11.7. The number of aromatic nitrogens is 1. The molecule has 1 aromatic carbocycles. The second-order valence-electron chi connectivity index (χ2n) is 4.23. The summed E-state index contributed by atoms with van der Waals surface area (Å²) >= 11 is 3.60. The van der Waals surface area contributed by atoms with E-state index in [0.717, 1.165) is 23.1 Å². The molecule has 3 rings (SSSR count). The van der Waals surface area contributed by atoms with Crippen LogP contribution < -0.4 is 5.32 Å². The first-order valence-electron chi connectivity index (χ1n) is 5.79. The monoisotopic (exact) mass is 288 g/mol. The van der Waals surface area contributed by atoms with Crippen LogP contribution in [0, 0.1) is 0 Å². The quantitative estimate of drug-likeness (QED) is 0.864. The van der Waals surface area contributed by atoms with Crippen LogP contribution in [0.15, 0.2) is 47.1 Å². The minimum absolute atomic E-state index is 0.407. The Kier molecular flexibility index (Phi) is 2.85. The van der Waals surface area contributed by atoms with Crippen molar-refractivity contribution in [2.75, 3.05) is 11.9 Å². The molecule has 1 N–H and O–H groups in total. The van der Waals surface area contributed by atoms with Gasteiger partial charge in [-0.1, -0.05) is 18.2 Å². The number of fused-ring (bicyclic) bond motifs is 1. The molecule has 0 aliphatic carbocycles. The molecule has 1 atom stereocenters. The Bertz CT molecular complexity index is 525. The van der Waals surface area contributed by atoms with Crippen LogP contribution in [0.1, 0.15) is 23.6 Å². The number of nitrogens with zero attached hydrogens (tertiary/aromatic N) is 1. The van der Waals surface area contributed by atoms with Crippen LogP contribution in [-0.2, 0) is 0 Å². The Morgan fingerprint density at radius 2 is 2.12 bits per heavy atom. The van der Waals surface area contributed by atoms with Crippen LogP contribution in [0.2, 0.25) is 0 Å². The molecule has 1 unspecified atom stereocenters. The van der Waals surface area contributed by atoms with Gasteiger partial charge in [-0.3, -0.25) is 4.98 Å². The normalized spacial score (nSPS) is 18.3. The number of anilines is 1. The van der Waals surface area contributed by atoms with Crippen LogP contribution in [0.3, 0.4) is 0 Å². The Morgan fingerprint density at radius 3 is 2.94 bits per heavy atom. The second kappa shape index (κ2) is 4.49. The van der Waals surface area contributed by atoms with Gasteiger partial charge in [0.1, 0.15) is 0 Å². The molecule has 86 valence electrons. The van der Waals surface area contributed by atoms with Crippen LogP contribution in [0.25, 0.3) is 0 Å². The molecule has 3 heteroatoms. The molecule has 2 nitrogen and oxygen atoms in total. The molecule has 0 saturated carbocycles. The lowest BCUT2D eigenvalue weighted by Crippen LogP contribution is -2.18. The Labute approximate surface area is 109 Å². The van der Waals surface area contributed by atoms with E-state index < -0.39 is 0 Å². The van der Waals surface area contributed by atoms with Gasteiger partial charge in [0.15, 0.2) is 0 Å². The minimum Gasteiger partial charge on any atom is -0.384 e. The third-order valence-electron chi connectivity index (χ3n) is 3.20. The van der Waals surface area contributed by atoms with Crippen molar-refractivity contribution in [1.82, 2.24) is 4.98 Å². The number of nitrogens with one attached hydrogen (secondary N) is 1. The molecule has 0 fully saturated rings. The first-order chi connectivity index (χ1) is 8.36. The number of hydrogen-bond donors (Lipinski definition) is 1. The van der Waals surface area contributed by atoms with E-state index in [1.165, 1.54) is 11.3 Å². The summed E-state index contributed by atoms with van der Waals surface area (Å²) in [5.74, 6) is 0.407. The first-order valence-corrected chi connectivity index (χ1v) is 6.59. The number of para-hydroxylation sites is 1. The van der Waals surface area contributed by atoms with Gasteiger partial charge in [-0.05, 0) is 46.1 Å². The van der Waals surface area contributed by atoms with Gasteiger partial charge in [-0.25, -0.2) is 0 Å². The van der Waals surface area contributed by atoms with Gasteiger partial charge >= 0.3 is 0 Å². The highest BCUT2D eigenvalue weighted by Gasteiger charge is 2.23. The number of pyridine rings is 1. The lowest BCUT2D eigenvalue weighted by atomic mass is 9.88. The Morgan fingerprint density at radius 1 is 1.18 bits per heavy atom. The molecule has 2 heterocycles. The third-order valence-corrected chi connectivity index (χ3v) is 3.86. The fourth-order valence-electron chi connectivity index (χ4n) is 2.40. The van der Waals surface area contributed by atoms with Crippen molar-refractivity contribution >= 4 is 21.6 Å². The van der Waals surface area contributed by atoms with E-state index in [0.29, 0.717) is 5.92 Å². The molecular formula is C14H13BrN2. The van der Waals surface area contributed by atoms with Crippen molar-refractivity contribution in [3.8, 4) is 0 Å². The summed E-state index contributed by atoms with van der Waals surface area (Å²) in [5, 5.41) is 3.46. The van der Waals surface area contributed by atoms with E-state index >= 15 is 0 Å². The van der Waals surface area contributed by atoms with Gasteiger partial charge in [0.05, 0.1) is 5.69 Å². The van der Waals surface area contributed by atoms with Crippen LogP contribution in [-0.4, -0.2) is 11.5 Å². The summed E-state index contributed by atoms with van der Waals surface area (Å²) < 4.78 is 1.13. The van der Waals surface area contributed by atoms with Crippen LogP contribution >= 0.6 is 15.9 Å². The molecule has 0 bridgehead atoms. The lowest BCUT2D eigenvalue weighted by Gasteiger charge is -2.27. The van der Waals surface area contributed by atoms with E-state index in [1.54, 1.807) is 0 Å². The largest absolute Gasteiger partial charge is 0.384 e. The van der Waals surface area contributed by atoms with E-state index in [4.69, 9.17) is 0 Å². The van der Waals surface area contributed by atoms with Gasteiger partial charge in [-0.15, -0.1) is 0 Å². The van der Waals surface area contributed by atoms with Gasteiger partial charge < -0.3 is 5.32 Å². The number of rotatable bonds is 1. The molecule has 0 spiro atoms. The standard InChI is InChI=1S/C14H13BrN2/c15-12-5-3-4-11-10(7-9-17-14(11)12)13-6-1-2-8-16-13/h1-6,8,10,17H,7,9H2. The van der Waals surface area contributed by atoms with Crippen molar-refractivity contribution in [2.45, 2.75) is 12.3 Å². The van der Waals surface area contributed by atoms with Crippen molar-refractivity contribution in [3.05, 3.63) is 58.3 Å². The summed E-state index contributed by atoms with van der Waals surface area (Å²) in [6.45, 7) is 0.997. The lowest BCUT2D eigenvalue weighted by molar-refractivity contribution is 0.699.